The molecule has 1 aliphatic heterocycles. The quantitative estimate of drug-likeness (QED) is 0.647. The van der Waals surface area contributed by atoms with E-state index in [1.807, 2.05) is 29.2 Å². The fraction of sp³-hybridized carbons (Fsp3) is 0.520. The van der Waals surface area contributed by atoms with E-state index in [-0.39, 0.29) is 11.7 Å². The summed E-state index contributed by atoms with van der Waals surface area (Å²) in [5.41, 5.74) is 3.58. The van der Waals surface area contributed by atoms with E-state index in [1.54, 1.807) is 18.3 Å². The summed E-state index contributed by atoms with van der Waals surface area (Å²) in [5.74, 6) is 0.971. The van der Waals surface area contributed by atoms with Crippen LogP contribution in [0.5, 0.6) is 0 Å². The van der Waals surface area contributed by atoms with Crippen molar-refractivity contribution in [2.24, 2.45) is 11.3 Å². The van der Waals surface area contributed by atoms with Gasteiger partial charge in [-0.2, -0.15) is 0 Å². The topological polar surface area (TPSA) is 40.6 Å². The lowest BCUT2D eigenvalue weighted by molar-refractivity contribution is 0.0751. The molecule has 5 heteroatoms. The van der Waals surface area contributed by atoms with Gasteiger partial charge in [-0.15, -0.1) is 11.3 Å². The molecule has 1 amide bonds. The van der Waals surface area contributed by atoms with Crippen LogP contribution < -0.4 is 4.90 Å². The van der Waals surface area contributed by atoms with Crippen molar-refractivity contribution >= 4 is 28.7 Å². The molecule has 30 heavy (non-hydrogen) atoms. The molecule has 1 saturated heterocycles. The maximum absolute atomic E-state index is 13.1. The molecular formula is C25H32N2O2S. The third kappa shape index (κ3) is 4.31. The molecule has 0 radical (unpaired) electrons. The molecule has 0 spiro atoms. The SMILES string of the molecule is CC(=O)c1ccc(N2CCN(C(=O)c3cc4c(s3)CCC(C(C)(C)C)C4)CC2)cc1. The van der Waals surface area contributed by atoms with Crippen LogP contribution in [0.15, 0.2) is 30.3 Å². The third-order valence-electron chi connectivity index (χ3n) is 6.72. The normalized spacial score (nSPS) is 19.5. The predicted molar refractivity (Wildman–Crippen MR) is 124 cm³/mol. The zero-order valence-electron chi connectivity index (χ0n) is 18.5. The molecule has 2 aromatic rings. The van der Waals surface area contributed by atoms with Gasteiger partial charge in [0.25, 0.3) is 5.91 Å². The minimum atomic E-state index is 0.0874. The van der Waals surface area contributed by atoms with Gasteiger partial charge in [-0.3, -0.25) is 9.59 Å². The lowest BCUT2D eigenvalue weighted by Gasteiger charge is -2.36. The molecule has 1 aromatic heterocycles. The maximum Gasteiger partial charge on any atom is 0.264 e. The Hall–Kier alpha value is -2.14. The number of piperazine rings is 1. The second-order valence-corrected chi connectivity index (χ2v) is 10.9. The van der Waals surface area contributed by atoms with Crippen LogP contribution in [-0.4, -0.2) is 42.8 Å². The number of Topliss-reactive ketones (excluding diaryl/α,β-unsaturated/α-hetero) is 1. The Bertz CT molecular complexity index is 931. The van der Waals surface area contributed by atoms with Gasteiger partial charge in [0.2, 0.25) is 0 Å². The summed E-state index contributed by atoms with van der Waals surface area (Å²) in [7, 11) is 0. The molecule has 4 rings (SSSR count). The van der Waals surface area contributed by atoms with Crippen molar-refractivity contribution < 1.29 is 9.59 Å². The number of fused-ring (bicyclic) bond motifs is 1. The number of ketones is 1. The smallest absolute Gasteiger partial charge is 0.264 e. The van der Waals surface area contributed by atoms with E-state index in [1.165, 1.54) is 16.9 Å². The monoisotopic (exact) mass is 424 g/mol. The standard InChI is InChI=1S/C25H32N2O2S/c1-17(28)18-5-8-21(9-6-18)26-11-13-27(14-12-26)24(29)23-16-19-15-20(25(2,3)4)7-10-22(19)30-23/h5-6,8-9,16,20H,7,10-15H2,1-4H3. The average molecular weight is 425 g/mol. The van der Waals surface area contributed by atoms with Crippen molar-refractivity contribution in [1.82, 2.24) is 4.90 Å². The number of hydrogen-bond donors (Lipinski definition) is 0. The number of nitrogens with zero attached hydrogens (tertiary/aromatic N) is 2. The summed E-state index contributed by atoms with van der Waals surface area (Å²) in [6.07, 6.45) is 3.44. The van der Waals surface area contributed by atoms with Gasteiger partial charge in [0.05, 0.1) is 4.88 Å². The fourth-order valence-electron chi connectivity index (χ4n) is 4.60. The summed E-state index contributed by atoms with van der Waals surface area (Å²) in [5, 5.41) is 0. The minimum Gasteiger partial charge on any atom is -0.368 e. The zero-order chi connectivity index (χ0) is 21.5. The van der Waals surface area contributed by atoms with Crippen LogP contribution >= 0.6 is 11.3 Å². The molecule has 4 nitrogen and oxygen atoms in total. The Morgan fingerprint density at radius 3 is 2.30 bits per heavy atom. The molecule has 1 atom stereocenters. The first-order chi connectivity index (χ1) is 14.2. The Labute approximate surface area is 183 Å². The van der Waals surface area contributed by atoms with Crippen molar-refractivity contribution in [1.29, 1.82) is 0 Å². The number of hydrogen-bond acceptors (Lipinski definition) is 4. The van der Waals surface area contributed by atoms with Gasteiger partial charge in [0.1, 0.15) is 0 Å². The highest BCUT2D eigenvalue weighted by Crippen LogP contribution is 2.40. The van der Waals surface area contributed by atoms with E-state index in [9.17, 15) is 9.59 Å². The van der Waals surface area contributed by atoms with Crippen molar-refractivity contribution in [2.45, 2.75) is 47.0 Å². The molecular weight excluding hydrogens is 392 g/mol. The number of rotatable bonds is 3. The van der Waals surface area contributed by atoms with Crippen LogP contribution in [0.1, 0.15) is 64.6 Å². The van der Waals surface area contributed by atoms with Gasteiger partial charge in [-0.1, -0.05) is 20.8 Å². The number of thiophene rings is 1. The van der Waals surface area contributed by atoms with E-state index in [2.05, 4.69) is 31.7 Å². The molecule has 2 heterocycles. The first-order valence-corrected chi connectivity index (χ1v) is 11.8. The van der Waals surface area contributed by atoms with Crippen LogP contribution in [0, 0.1) is 11.3 Å². The van der Waals surface area contributed by atoms with Gasteiger partial charge in [-0.25, -0.2) is 0 Å². The third-order valence-corrected chi connectivity index (χ3v) is 7.95. The highest BCUT2D eigenvalue weighted by molar-refractivity contribution is 7.14. The van der Waals surface area contributed by atoms with Crippen LogP contribution in [0.25, 0.3) is 0 Å². The van der Waals surface area contributed by atoms with Gasteiger partial charge < -0.3 is 9.80 Å². The Morgan fingerprint density at radius 1 is 1.03 bits per heavy atom. The van der Waals surface area contributed by atoms with E-state index in [0.29, 0.717) is 11.3 Å². The highest BCUT2D eigenvalue weighted by atomic mass is 32.1. The molecule has 1 aromatic carbocycles. The first-order valence-electron chi connectivity index (χ1n) is 11.0. The van der Waals surface area contributed by atoms with Crippen molar-refractivity contribution in [2.75, 3.05) is 31.1 Å². The minimum absolute atomic E-state index is 0.0874. The lowest BCUT2D eigenvalue weighted by atomic mass is 9.72. The summed E-state index contributed by atoms with van der Waals surface area (Å²) in [6, 6.07) is 9.96. The highest BCUT2D eigenvalue weighted by Gasteiger charge is 2.31. The lowest BCUT2D eigenvalue weighted by Crippen LogP contribution is -2.48. The average Bonchev–Trinajstić information content (AvgIpc) is 3.16. The Morgan fingerprint density at radius 2 is 1.70 bits per heavy atom. The van der Waals surface area contributed by atoms with Gasteiger partial charge in [-0.05, 0) is 73.4 Å². The maximum atomic E-state index is 13.1. The number of aryl methyl sites for hydroxylation is 1. The number of carbonyl (C=O) groups excluding carboxylic acids is 2. The van der Waals surface area contributed by atoms with Gasteiger partial charge in [0, 0.05) is 42.3 Å². The summed E-state index contributed by atoms with van der Waals surface area (Å²) in [6.45, 7) is 11.7. The number of carbonyl (C=O) groups is 2. The zero-order valence-corrected chi connectivity index (χ0v) is 19.3. The molecule has 1 fully saturated rings. The Balaban J connectivity index is 1.38. The summed E-state index contributed by atoms with van der Waals surface area (Å²) >= 11 is 1.71. The first kappa shape index (κ1) is 21.1. The molecule has 0 saturated carbocycles. The van der Waals surface area contributed by atoms with Crippen molar-refractivity contribution in [3.63, 3.8) is 0 Å². The number of amides is 1. The van der Waals surface area contributed by atoms with E-state index < -0.39 is 0 Å². The van der Waals surface area contributed by atoms with Crippen LogP contribution in [-0.2, 0) is 12.8 Å². The molecule has 2 aliphatic rings. The number of anilines is 1. The molecule has 160 valence electrons. The van der Waals surface area contributed by atoms with Crippen LogP contribution in [0.4, 0.5) is 5.69 Å². The van der Waals surface area contributed by atoms with Crippen molar-refractivity contribution in [3.05, 3.63) is 51.2 Å². The number of benzene rings is 1. The van der Waals surface area contributed by atoms with E-state index >= 15 is 0 Å². The molecule has 0 N–H and O–H groups in total. The van der Waals surface area contributed by atoms with Gasteiger partial charge in [0.15, 0.2) is 5.78 Å². The van der Waals surface area contributed by atoms with Crippen LogP contribution in [0.2, 0.25) is 0 Å². The van der Waals surface area contributed by atoms with E-state index in [4.69, 9.17) is 0 Å². The molecule has 1 aliphatic carbocycles. The van der Waals surface area contributed by atoms with Crippen LogP contribution in [0.3, 0.4) is 0 Å². The van der Waals surface area contributed by atoms with Crippen molar-refractivity contribution in [3.8, 4) is 0 Å². The second kappa shape index (κ2) is 8.18. The fourth-order valence-corrected chi connectivity index (χ4v) is 5.78. The predicted octanol–water partition coefficient (Wildman–Crippen LogP) is 5.06. The molecule has 0 bridgehead atoms. The van der Waals surface area contributed by atoms with Gasteiger partial charge >= 0.3 is 0 Å². The second-order valence-electron chi connectivity index (χ2n) is 9.75. The molecule has 1 unspecified atom stereocenters. The summed E-state index contributed by atoms with van der Waals surface area (Å²) < 4.78 is 0. The Kier molecular flexibility index (Phi) is 5.75. The summed E-state index contributed by atoms with van der Waals surface area (Å²) in [4.78, 5) is 31.2. The largest absolute Gasteiger partial charge is 0.368 e. The van der Waals surface area contributed by atoms with E-state index in [0.717, 1.165) is 55.1 Å².